The van der Waals surface area contributed by atoms with Gasteiger partial charge in [0.15, 0.2) is 0 Å². The summed E-state index contributed by atoms with van der Waals surface area (Å²) >= 11 is 0. The van der Waals surface area contributed by atoms with E-state index in [0.717, 1.165) is 32.1 Å². The van der Waals surface area contributed by atoms with Crippen LogP contribution in [0.5, 0.6) is 0 Å². The molecule has 0 aromatic heterocycles. The van der Waals surface area contributed by atoms with Crippen molar-refractivity contribution in [3.05, 3.63) is 87.4 Å². The molecule has 0 spiro atoms. The highest BCUT2D eigenvalue weighted by atomic mass is 16.8. The summed E-state index contributed by atoms with van der Waals surface area (Å²) in [6, 6.07) is 0. The van der Waals surface area contributed by atoms with E-state index >= 15 is 0 Å². The van der Waals surface area contributed by atoms with Gasteiger partial charge in [-0.3, -0.25) is 0 Å². The van der Waals surface area contributed by atoms with Crippen molar-refractivity contribution < 1.29 is 167 Å². The topological polar surface area (TPSA) is 433 Å². The minimum atomic E-state index is -0.950. The molecule has 510 valence electrons. The summed E-state index contributed by atoms with van der Waals surface area (Å²) in [6.07, 6.45) is 3.03. The molecule has 7 rings (SSSR count). The fourth-order valence-corrected chi connectivity index (χ4v) is 5.67. The van der Waals surface area contributed by atoms with Crippen LogP contribution in [0.4, 0.5) is 33.6 Å². The van der Waals surface area contributed by atoms with Crippen LogP contribution in [0.25, 0.3) is 0 Å². The molecule has 7 saturated heterocycles. The van der Waals surface area contributed by atoms with Crippen LogP contribution in [0.3, 0.4) is 0 Å². The Hall–Kier alpha value is -10.6. The Balaban J connectivity index is 0.000000537. The van der Waals surface area contributed by atoms with Gasteiger partial charge in [0.2, 0.25) is 42.7 Å². The molecule has 0 aliphatic carbocycles. The highest BCUT2D eigenvalue weighted by molar-refractivity contribution is 5.83. The molecular weight excluding hydrogens is 1240 g/mol. The molecule has 7 atom stereocenters. The first-order valence-corrected chi connectivity index (χ1v) is 27.4. The Morgan fingerprint density at radius 3 is 0.978 bits per heavy atom. The number of hydrogen-bond donors (Lipinski definition) is 0. The van der Waals surface area contributed by atoms with Crippen LogP contribution in [0.2, 0.25) is 0 Å². The van der Waals surface area contributed by atoms with E-state index in [9.17, 15) is 67.1 Å². The highest BCUT2D eigenvalue weighted by Crippen LogP contribution is 2.14. The number of unbranched alkanes of at least 4 members (excludes halogenated alkanes) is 3. The first-order chi connectivity index (χ1) is 43.9. The number of rotatable bonds is 26. The Kier molecular flexibility index (Phi) is 40.1. The third kappa shape index (κ3) is 35.4. The fraction of sp³-hybridized carbons (Fsp3) is 0.509. The Labute approximate surface area is 525 Å². The lowest BCUT2D eigenvalue weighted by atomic mass is 10.2. The molecule has 7 aliphatic rings. The van der Waals surface area contributed by atoms with Crippen molar-refractivity contribution in [3.63, 3.8) is 0 Å². The summed E-state index contributed by atoms with van der Waals surface area (Å²) in [5.41, 5.74) is 0. The summed E-state index contributed by atoms with van der Waals surface area (Å²) in [5.74, 6) is -3.57. The summed E-state index contributed by atoms with van der Waals surface area (Å²) in [6.45, 7) is 26.6. The second-order valence-electron chi connectivity index (χ2n) is 17.5. The predicted molar refractivity (Wildman–Crippen MR) is 298 cm³/mol. The largest absolute Gasteiger partial charge is 0.509 e. The maximum atomic E-state index is 11.2. The monoisotopic (exact) mass is 1320 g/mol. The third-order valence-electron chi connectivity index (χ3n) is 10.2. The molecule has 7 aliphatic heterocycles. The minimum Gasteiger partial charge on any atom is -0.463 e. The first kappa shape index (κ1) is 79.4. The van der Waals surface area contributed by atoms with Crippen molar-refractivity contribution in [1.29, 1.82) is 0 Å². The van der Waals surface area contributed by atoms with Gasteiger partial charge in [-0.25, -0.2) is 67.1 Å². The van der Waals surface area contributed by atoms with Crippen molar-refractivity contribution in [2.75, 3.05) is 79.3 Å². The van der Waals surface area contributed by atoms with Crippen LogP contribution in [0.1, 0.15) is 65.7 Å². The van der Waals surface area contributed by atoms with Gasteiger partial charge in [-0.1, -0.05) is 63.1 Å². The molecule has 0 bridgehead atoms. The number of carbonyl (C=O) groups excluding carboxylic acids is 14. The van der Waals surface area contributed by atoms with Gasteiger partial charge < -0.3 is 99.5 Å². The highest BCUT2D eigenvalue weighted by Gasteiger charge is 2.38. The molecule has 7 heterocycles. The van der Waals surface area contributed by atoms with E-state index in [-0.39, 0.29) is 71.8 Å². The molecule has 92 heavy (non-hydrogen) atoms. The Morgan fingerprint density at radius 1 is 0.391 bits per heavy atom. The normalized spacial score (nSPS) is 20.4. The van der Waals surface area contributed by atoms with Gasteiger partial charge in [0.25, 0.3) is 0 Å². The first-order valence-electron chi connectivity index (χ1n) is 27.4. The van der Waals surface area contributed by atoms with Crippen LogP contribution in [-0.4, -0.2) is 207 Å². The van der Waals surface area contributed by atoms with Gasteiger partial charge in [0, 0.05) is 6.42 Å². The number of carbonyl (C=O) groups is 14. The zero-order valence-corrected chi connectivity index (χ0v) is 50.5. The Morgan fingerprint density at radius 2 is 0.685 bits per heavy atom. The number of esters is 7. The predicted octanol–water partition coefficient (Wildman–Crippen LogP) is 5.57. The summed E-state index contributed by atoms with van der Waals surface area (Å²) in [5, 5.41) is 0. The van der Waals surface area contributed by atoms with Crippen LogP contribution >= 0.6 is 0 Å². The number of allylic oxidation sites excluding steroid dienone is 5. The smallest absolute Gasteiger partial charge is 0.463 e. The zero-order valence-electron chi connectivity index (χ0n) is 50.5. The average molecular weight is 1320 g/mol. The maximum absolute atomic E-state index is 11.2. The molecule has 35 nitrogen and oxygen atoms in total. The van der Waals surface area contributed by atoms with Crippen molar-refractivity contribution >= 4 is 84.9 Å². The number of hydrogen-bond acceptors (Lipinski definition) is 35. The van der Waals surface area contributed by atoms with E-state index in [1.807, 2.05) is 13.0 Å². The second kappa shape index (κ2) is 46.5. The second-order valence-corrected chi connectivity index (χ2v) is 17.5. The lowest BCUT2D eigenvalue weighted by Crippen LogP contribution is -2.25. The molecule has 0 saturated carbocycles. The van der Waals surface area contributed by atoms with E-state index in [4.69, 9.17) is 23.7 Å². The van der Waals surface area contributed by atoms with Crippen LogP contribution < -0.4 is 0 Å². The van der Waals surface area contributed by atoms with Gasteiger partial charge in [-0.2, -0.15) is 0 Å². The minimum absolute atomic E-state index is 0.0513. The van der Waals surface area contributed by atoms with Crippen LogP contribution in [0, 0.1) is 0 Å². The summed E-state index contributed by atoms with van der Waals surface area (Å²) in [7, 11) is 0. The van der Waals surface area contributed by atoms with E-state index in [1.54, 1.807) is 31.2 Å². The van der Waals surface area contributed by atoms with Gasteiger partial charge in [0.05, 0.1) is 25.6 Å². The fourth-order valence-electron chi connectivity index (χ4n) is 5.67. The SMILES string of the molecule is C/C=C/COC(=O)C1COC(=O)O1.C=C(C)OC(=O)C1COC(=O)O1.C=C(CC)OC(=O)C1COC(=O)O1.C=CCCCCOC(=O)C1COC(=O)O1.C=CCCCOC(=O)C1COC(=O)O1.C=CCCOC(=O)C1COC(=O)O1.C=CCOC(=O)C1COC(=O)O1. The van der Waals surface area contributed by atoms with Gasteiger partial charge >= 0.3 is 84.9 Å². The molecule has 0 aromatic rings. The van der Waals surface area contributed by atoms with Crippen molar-refractivity contribution in [1.82, 2.24) is 0 Å². The van der Waals surface area contributed by atoms with Gasteiger partial charge in [-0.15, -0.1) is 19.7 Å². The summed E-state index contributed by atoms with van der Waals surface area (Å²) in [4.78, 5) is 150. The lowest BCUT2D eigenvalue weighted by Gasteiger charge is -2.07. The molecule has 0 N–H and O–H groups in total. The molecule has 0 amide bonds. The summed E-state index contributed by atoms with van der Waals surface area (Å²) < 4.78 is 95.5. The number of cyclic esters (lactones) is 14. The number of ether oxygens (including phenoxy) is 21. The molecule has 7 unspecified atom stereocenters. The molecule has 0 aromatic carbocycles. The van der Waals surface area contributed by atoms with Crippen molar-refractivity contribution in [3.8, 4) is 0 Å². The standard InChI is InChI=1S/C10H14O5.C9H12O5.3C8H10O5.2C7H8O5/c1-2-3-4-5-6-13-9(11)8-7-14-10(12)15-8;1-2-3-4-5-12-8(10)7-6-13-9(11)14-7;1-3-5(2)12-7(9)6-4-11-8(10)13-6;2*1-2-3-4-11-7(9)6-5-12-8(10)13-6;1-4(2)11-6(8)5-3-10-7(9)12-5;1-2-3-10-6(8)5-4-11-7(9)12-5/h2,8H,1,3-7H2;2,7H,1,3-6H2;6H,2-4H2,1H3;2-3,6H,4-5H2,1H3;2,6H,1,3-5H2;5H,1,3H2,2H3;2,5H,1,3-4H2/b;;;3-2+;;;. The van der Waals surface area contributed by atoms with E-state index in [1.165, 1.54) is 13.0 Å². The van der Waals surface area contributed by atoms with E-state index in [2.05, 4.69) is 115 Å². The maximum Gasteiger partial charge on any atom is 0.509 e. The van der Waals surface area contributed by atoms with Crippen LogP contribution in [-0.2, 0) is 133 Å². The van der Waals surface area contributed by atoms with Crippen LogP contribution in [0.15, 0.2) is 87.4 Å². The third-order valence-corrected chi connectivity index (χ3v) is 10.2. The van der Waals surface area contributed by atoms with Crippen molar-refractivity contribution in [2.45, 2.75) is 108 Å². The average Bonchev–Trinajstić information content (AvgIpc) is 2.93. The quantitative estimate of drug-likeness (QED) is 0.0335. The molecule has 0 radical (unpaired) electrons. The van der Waals surface area contributed by atoms with E-state index < -0.39 is 128 Å². The molecule has 7 fully saturated rings. The lowest BCUT2D eigenvalue weighted by molar-refractivity contribution is -0.152. The molecular formula is C57H72O35. The Bertz CT molecular complexity index is 2600. The van der Waals surface area contributed by atoms with Gasteiger partial charge in [0.1, 0.15) is 65.2 Å². The van der Waals surface area contributed by atoms with E-state index in [0.29, 0.717) is 31.8 Å². The van der Waals surface area contributed by atoms with Gasteiger partial charge in [-0.05, 0) is 52.4 Å². The van der Waals surface area contributed by atoms with Crippen molar-refractivity contribution in [2.24, 2.45) is 0 Å². The molecule has 35 heteroatoms. The zero-order chi connectivity index (χ0) is 68.8.